The average Bonchev–Trinajstić information content (AvgIpc) is 2.22. The molecule has 0 aliphatic carbocycles. The van der Waals surface area contributed by atoms with Crippen molar-refractivity contribution in [2.24, 2.45) is 5.73 Å². The van der Waals surface area contributed by atoms with E-state index >= 15 is 0 Å². The minimum Gasteiger partial charge on any atom is -0.504 e. The van der Waals surface area contributed by atoms with Crippen molar-refractivity contribution in [1.82, 2.24) is 0 Å². The Morgan fingerprint density at radius 2 is 1.94 bits per heavy atom. The molecule has 0 saturated heterocycles. The highest BCUT2D eigenvalue weighted by Crippen LogP contribution is 2.33. The van der Waals surface area contributed by atoms with Crippen LogP contribution in [0.4, 0.5) is 5.69 Å². The number of carboxylic acid groups (broad SMARTS) is 1. The number of nitrogens with zero attached hydrogens (tertiary/aromatic N) is 1. The molecule has 0 aliphatic rings. The van der Waals surface area contributed by atoms with Crippen LogP contribution < -0.4 is 5.73 Å². The lowest BCUT2D eigenvalue weighted by atomic mass is 10.3. The Morgan fingerprint density at radius 3 is 2.24 bits per heavy atom. The smallest absolute Gasteiger partial charge is 0.320 e. The van der Waals surface area contributed by atoms with Gasteiger partial charge in [-0.05, 0) is 13.0 Å². The number of aliphatic carboxylic acids is 1. The Morgan fingerprint density at radius 1 is 1.47 bits per heavy atom. The molecule has 1 unspecified atom stereocenters. The van der Waals surface area contributed by atoms with Gasteiger partial charge in [-0.1, -0.05) is 6.07 Å². The van der Waals surface area contributed by atoms with Gasteiger partial charge in [0.25, 0.3) is 0 Å². The van der Waals surface area contributed by atoms with E-state index in [1.165, 1.54) is 19.1 Å². The first kappa shape index (κ1) is 14.6. The topological polar surface area (TPSA) is 147 Å². The van der Waals surface area contributed by atoms with Gasteiger partial charge in [0.15, 0.2) is 5.75 Å². The lowest BCUT2D eigenvalue weighted by Crippen LogP contribution is -2.25. The summed E-state index contributed by atoms with van der Waals surface area (Å²) in [6.07, 6.45) is 0. The summed E-state index contributed by atoms with van der Waals surface area (Å²) in [4.78, 5) is 18.9. The molecule has 0 spiro atoms. The lowest BCUT2D eigenvalue weighted by Gasteiger charge is -1.96. The zero-order valence-electron chi connectivity index (χ0n) is 8.90. The fourth-order valence-corrected chi connectivity index (χ4v) is 0.667. The molecule has 5 N–H and O–H groups in total. The third-order valence-corrected chi connectivity index (χ3v) is 1.58. The summed E-state index contributed by atoms with van der Waals surface area (Å²) in [7, 11) is 0. The molecular weight excluding hydrogens is 232 g/mol. The van der Waals surface area contributed by atoms with Crippen molar-refractivity contribution < 1.29 is 25.0 Å². The van der Waals surface area contributed by atoms with Crippen molar-refractivity contribution >= 4 is 11.7 Å². The largest absolute Gasteiger partial charge is 0.504 e. The van der Waals surface area contributed by atoms with Crippen molar-refractivity contribution in [3.8, 4) is 11.5 Å². The predicted octanol–water partition coefficient (Wildman–Crippen LogP) is 0.424. The first-order valence-corrected chi connectivity index (χ1v) is 4.41. The van der Waals surface area contributed by atoms with Crippen molar-refractivity contribution in [2.75, 3.05) is 0 Å². The Bertz CT molecular complexity index is 418. The molecule has 0 saturated carbocycles. The van der Waals surface area contributed by atoms with E-state index in [2.05, 4.69) is 0 Å². The van der Waals surface area contributed by atoms with Gasteiger partial charge in [-0.2, -0.15) is 0 Å². The van der Waals surface area contributed by atoms with Crippen LogP contribution in [-0.4, -0.2) is 32.3 Å². The number of rotatable bonds is 2. The monoisotopic (exact) mass is 244 g/mol. The number of aromatic hydroxyl groups is 2. The first-order chi connectivity index (χ1) is 7.77. The van der Waals surface area contributed by atoms with Gasteiger partial charge in [0, 0.05) is 6.07 Å². The van der Waals surface area contributed by atoms with Crippen LogP contribution in [0, 0.1) is 10.1 Å². The molecule has 1 rings (SSSR count). The van der Waals surface area contributed by atoms with Crippen LogP contribution in [0.3, 0.4) is 0 Å². The normalized spacial score (nSPS) is 10.9. The number of carbonyl (C=O) groups is 1. The Balaban J connectivity index is 0.000000366. The molecular formula is C9H12N2O6. The van der Waals surface area contributed by atoms with Gasteiger partial charge in [-0.15, -0.1) is 0 Å². The van der Waals surface area contributed by atoms with E-state index in [-0.39, 0.29) is 0 Å². The molecule has 94 valence electrons. The molecule has 0 aromatic heterocycles. The number of nitrogens with two attached hydrogens (primary N) is 1. The maximum atomic E-state index is 10.1. The number of phenols is 2. The number of phenolic OH excluding ortho intramolecular Hbond substituents is 2. The van der Waals surface area contributed by atoms with E-state index in [0.717, 1.165) is 6.07 Å². The standard InChI is InChI=1S/C6H5NO4.C3H7NO2/c8-5-3-1-2-4(6(5)9)7(10)11;1-2(4)3(5)6/h1-3,8-9H;2H,4H2,1H3,(H,5,6). The number of carboxylic acids is 1. The molecule has 8 nitrogen and oxygen atoms in total. The van der Waals surface area contributed by atoms with E-state index in [9.17, 15) is 14.9 Å². The minimum absolute atomic E-state index is 0.487. The summed E-state index contributed by atoms with van der Waals surface area (Å²) >= 11 is 0. The SMILES string of the molecule is CC(N)C(=O)O.O=[N+]([O-])c1cccc(O)c1O. The van der Waals surface area contributed by atoms with E-state index < -0.39 is 34.1 Å². The zero-order valence-corrected chi connectivity index (χ0v) is 8.90. The molecule has 1 atom stereocenters. The van der Waals surface area contributed by atoms with Crippen LogP contribution >= 0.6 is 0 Å². The highest BCUT2D eigenvalue weighted by atomic mass is 16.6. The van der Waals surface area contributed by atoms with Gasteiger partial charge in [-0.25, -0.2) is 0 Å². The summed E-state index contributed by atoms with van der Waals surface area (Å²) in [5, 5.41) is 35.6. The van der Waals surface area contributed by atoms with E-state index in [4.69, 9.17) is 21.1 Å². The maximum Gasteiger partial charge on any atom is 0.320 e. The van der Waals surface area contributed by atoms with Gasteiger partial charge >= 0.3 is 11.7 Å². The van der Waals surface area contributed by atoms with E-state index in [1.54, 1.807) is 0 Å². The Kier molecular flexibility index (Phi) is 5.41. The van der Waals surface area contributed by atoms with Gasteiger partial charge in [0.2, 0.25) is 5.75 Å². The van der Waals surface area contributed by atoms with Crippen LogP contribution in [0.15, 0.2) is 18.2 Å². The lowest BCUT2D eigenvalue weighted by molar-refractivity contribution is -0.386. The molecule has 1 aromatic carbocycles. The minimum atomic E-state index is -0.963. The van der Waals surface area contributed by atoms with Crippen molar-refractivity contribution in [3.63, 3.8) is 0 Å². The van der Waals surface area contributed by atoms with E-state index in [1.807, 2.05) is 0 Å². The van der Waals surface area contributed by atoms with Gasteiger partial charge in [-0.3, -0.25) is 14.9 Å². The number of benzene rings is 1. The molecule has 0 aliphatic heterocycles. The van der Waals surface area contributed by atoms with Crippen LogP contribution in [-0.2, 0) is 4.79 Å². The third kappa shape index (κ3) is 4.80. The average molecular weight is 244 g/mol. The second-order valence-electron chi connectivity index (χ2n) is 3.03. The van der Waals surface area contributed by atoms with E-state index in [0.29, 0.717) is 0 Å². The fourth-order valence-electron chi connectivity index (χ4n) is 0.667. The molecule has 17 heavy (non-hydrogen) atoms. The van der Waals surface area contributed by atoms with Gasteiger partial charge < -0.3 is 21.1 Å². The summed E-state index contributed by atoms with van der Waals surface area (Å²) in [5.74, 6) is -2.15. The molecule has 8 heteroatoms. The zero-order chi connectivity index (χ0) is 13.6. The number of nitro groups is 1. The number of nitro benzene ring substituents is 1. The quantitative estimate of drug-likeness (QED) is 0.335. The fraction of sp³-hybridized carbons (Fsp3) is 0.222. The summed E-state index contributed by atoms with van der Waals surface area (Å²) in [5.41, 5.74) is 4.34. The molecule has 0 heterocycles. The van der Waals surface area contributed by atoms with Crippen LogP contribution in [0.2, 0.25) is 0 Å². The van der Waals surface area contributed by atoms with Crippen molar-refractivity contribution in [1.29, 1.82) is 0 Å². The predicted molar refractivity (Wildman–Crippen MR) is 57.7 cm³/mol. The first-order valence-electron chi connectivity index (χ1n) is 4.41. The second kappa shape index (κ2) is 6.28. The Labute approximate surface area is 96.1 Å². The summed E-state index contributed by atoms with van der Waals surface area (Å²) < 4.78 is 0. The van der Waals surface area contributed by atoms with Gasteiger partial charge in [0.1, 0.15) is 6.04 Å². The number of hydrogen-bond acceptors (Lipinski definition) is 6. The van der Waals surface area contributed by atoms with Gasteiger partial charge in [0.05, 0.1) is 4.92 Å². The Hall–Kier alpha value is -2.35. The highest BCUT2D eigenvalue weighted by Gasteiger charge is 2.14. The number of hydrogen-bond donors (Lipinski definition) is 4. The third-order valence-electron chi connectivity index (χ3n) is 1.58. The van der Waals surface area contributed by atoms with Crippen LogP contribution in [0.25, 0.3) is 0 Å². The molecule has 1 aromatic rings. The van der Waals surface area contributed by atoms with Crippen LogP contribution in [0.5, 0.6) is 11.5 Å². The summed E-state index contributed by atoms with van der Waals surface area (Å²) in [6.45, 7) is 1.42. The second-order valence-corrected chi connectivity index (χ2v) is 3.03. The van der Waals surface area contributed by atoms with Crippen molar-refractivity contribution in [3.05, 3.63) is 28.3 Å². The van der Waals surface area contributed by atoms with Crippen LogP contribution in [0.1, 0.15) is 6.92 Å². The summed E-state index contributed by atoms with van der Waals surface area (Å²) in [6, 6.07) is 2.83. The highest BCUT2D eigenvalue weighted by molar-refractivity contribution is 5.72. The maximum absolute atomic E-state index is 10.1. The molecule has 0 amide bonds. The molecule has 0 radical (unpaired) electrons. The molecule has 0 bridgehead atoms. The number of para-hydroxylation sites is 1. The molecule has 0 fully saturated rings. The van der Waals surface area contributed by atoms with Crippen molar-refractivity contribution in [2.45, 2.75) is 13.0 Å².